The van der Waals surface area contributed by atoms with Crippen LogP contribution in [0.3, 0.4) is 0 Å². The Kier molecular flexibility index (Phi) is 4.95. The van der Waals surface area contributed by atoms with E-state index in [0.29, 0.717) is 0 Å². The molecule has 10 heavy (non-hydrogen) atoms. The van der Waals surface area contributed by atoms with Gasteiger partial charge in [-0.15, -0.1) is 0 Å². The van der Waals surface area contributed by atoms with Gasteiger partial charge in [0.2, 0.25) is 0 Å². The molecule has 0 saturated carbocycles. The third kappa shape index (κ3) is 6.26. The Bertz CT molecular complexity index is 119. The van der Waals surface area contributed by atoms with E-state index in [4.69, 9.17) is 0 Å². The van der Waals surface area contributed by atoms with Crippen molar-refractivity contribution in [3.05, 3.63) is 10.7 Å². The lowest BCUT2D eigenvalue weighted by Gasteiger charge is -2.08. The van der Waals surface area contributed by atoms with Crippen LogP contribution in [0.25, 0.3) is 0 Å². The van der Waals surface area contributed by atoms with Crippen LogP contribution in [0.2, 0.25) is 0 Å². The zero-order valence-corrected chi connectivity index (χ0v) is 8.70. The van der Waals surface area contributed by atoms with E-state index in [1.165, 1.54) is 9.38 Å². The highest BCUT2D eigenvalue weighted by molar-refractivity contribution is 9.11. The smallest absolute Gasteiger partial charge is 0.105 e. The first-order valence-electron chi connectivity index (χ1n) is 3.33. The van der Waals surface area contributed by atoms with Crippen molar-refractivity contribution < 1.29 is 4.90 Å². The average molecular weight is 208 g/mol. The fourth-order valence-electron chi connectivity index (χ4n) is 0.661. The summed E-state index contributed by atoms with van der Waals surface area (Å²) in [6, 6.07) is 0. The topological polar surface area (TPSA) is 7.68 Å². The minimum atomic E-state index is 0.977. The van der Waals surface area contributed by atoms with Crippen molar-refractivity contribution in [2.75, 3.05) is 34.7 Å². The van der Waals surface area contributed by atoms with Crippen LogP contribution in [0.15, 0.2) is 10.7 Å². The maximum Gasteiger partial charge on any atom is 0.105 e. The summed E-state index contributed by atoms with van der Waals surface area (Å²) in [5.74, 6) is 0. The van der Waals surface area contributed by atoms with Crippen molar-refractivity contribution in [1.29, 1.82) is 0 Å². The predicted molar refractivity (Wildman–Crippen MR) is 48.4 cm³/mol. The summed E-state index contributed by atoms with van der Waals surface area (Å²) < 4.78 is 1.23. The van der Waals surface area contributed by atoms with E-state index in [0.717, 1.165) is 6.54 Å². The fourth-order valence-corrected chi connectivity index (χ4v) is 1.62. The summed E-state index contributed by atoms with van der Waals surface area (Å²) in [5.41, 5.74) is 0. The largest absolute Gasteiger partial charge is 0.313 e. The van der Waals surface area contributed by atoms with Crippen molar-refractivity contribution in [3.8, 4) is 0 Å². The Morgan fingerprint density at radius 1 is 1.50 bits per heavy atom. The van der Waals surface area contributed by atoms with Gasteiger partial charge in [0.05, 0.1) is 18.6 Å². The molecular formula is C7H16BrN2+. The number of quaternary nitrogens is 1. The molecule has 0 rings (SSSR count). The van der Waals surface area contributed by atoms with Crippen molar-refractivity contribution >= 4 is 15.9 Å². The Labute approximate surface area is 71.6 Å². The molecule has 0 unspecified atom stereocenters. The lowest BCUT2D eigenvalue weighted by atomic mass is 10.5. The molecule has 0 aliphatic carbocycles. The molecule has 0 bridgehead atoms. The summed E-state index contributed by atoms with van der Waals surface area (Å²) in [4.78, 5) is 3.46. The molecule has 3 heteroatoms. The summed E-state index contributed by atoms with van der Waals surface area (Å²) in [5, 5.41) is 0. The van der Waals surface area contributed by atoms with Crippen LogP contribution in [0.5, 0.6) is 0 Å². The van der Waals surface area contributed by atoms with E-state index < -0.39 is 0 Å². The van der Waals surface area contributed by atoms with Crippen LogP contribution < -0.4 is 4.90 Å². The van der Waals surface area contributed by atoms with Gasteiger partial charge < -0.3 is 9.80 Å². The molecule has 0 aromatic rings. The maximum atomic E-state index is 3.48. The molecular weight excluding hydrogens is 192 g/mol. The maximum absolute atomic E-state index is 3.48. The van der Waals surface area contributed by atoms with Gasteiger partial charge >= 0.3 is 0 Å². The van der Waals surface area contributed by atoms with Crippen LogP contribution in [0, 0.1) is 0 Å². The summed E-state index contributed by atoms with van der Waals surface area (Å²) in [7, 11) is 8.30. The first-order chi connectivity index (χ1) is 4.52. The second kappa shape index (κ2) is 4.88. The third-order valence-electron chi connectivity index (χ3n) is 0.913. The van der Waals surface area contributed by atoms with E-state index in [9.17, 15) is 0 Å². The van der Waals surface area contributed by atoms with Gasteiger partial charge in [0.25, 0.3) is 0 Å². The molecule has 0 amide bonds. The summed E-state index contributed by atoms with van der Waals surface area (Å²) in [6.07, 6.45) is 2.14. The highest BCUT2D eigenvalue weighted by atomic mass is 79.9. The molecule has 2 nitrogen and oxygen atoms in total. The van der Waals surface area contributed by atoms with Gasteiger partial charge in [-0.05, 0) is 30.0 Å². The van der Waals surface area contributed by atoms with Gasteiger partial charge in [-0.1, -0.05) is 0 Å². The first kappa shape index (κ1) is 10.1. The second-order valence-corrected chi connectivity index (χ2v) is 3.92. The molecule has 0 radical (unpaired) electrons. The molecule has 0 aromatic heterocycles. The predicted octanol–water partition coefficient (Wildman–Crippen LogP) is -0.0712. The van der Waals surface area contributed by atoms with Crippen molar-refractivity contribution in [3.63, 3.8) is 0 Å². The zero-order chi connectivity index (χ0) is 8.15. The Hall–Kier alpha value is 0.140. The van der Waals surface area contributed by atoms with Gasteiger partial charge in [0.15, 0.2) is 0 Å². The minimum absolute atomic E-state index is 0.977. The van der Waals surface area contributed by atoms with Crippen molar-refractivity contribution in [1.82, 2.24) is 4.90 Å². The summed E-state index contributed by atoms with van der Waals surface area (Å²) in [6.45, 7) is 0.977. The SMILES string of the molecule is CN(C)C/C(Br)=C/[NH+](C)C. The number of rotatable bonds is 3. The monoisotopic (exact) mass is 207 g/mol. The molecule has 0 heterocycles. The lowest BCUT2D eigenvalue weighted by molar-refractivity contribution is -0.801. The molecule has 0 spiro atoms. The highest BCUT2D eigenvalue weighted by Crippen LogP contribution is 2.01. The Balaban J connectivity index is 3.71. The molecule has 60 valence electrons. The molecule has 1 N–H and O–H groups in total. The van der Waals surface area contributed by atoms with Crippen molar-refractivity contribution in [2.45, 2.75) is 0 Å². The standard InChI is InChI=1S/C7H15BrN2/c1-9(2)5-7(8)6-10(3)4/h5H,6H2,1-4H3/p+1/b7-5-. The Morgan fingerprint density at radius 2 is 2.00 bits per heavy atom. The van der Waals surface area contributed by atoms with Crippen LogP contribution in [-0.2, 0) is 0 Å². The summed E-state index contributed by atoms with van der Waals surface area (Å²) >= 11 is 3.48. The minimum Gasteiger partial charge on any atom is -0.313 e. The van der Waals surface area contributed by atoms with Gasteiger partial charge in [0, 0.05) is 6.54 Å². The normalized spacial score (nSPS) is 13.3. The van der Waals surface area contributed by atoms with Gasteiger partial charge in [-0.3, -0.25) is 0 Å². The zero-order valence-electron chi connectivity index (χ0n) is 7.11. The van der Waals surface area contributed by atoms with Crippen LogP contribution >= 0.6 is 15.9 Å². The van der Waals surface area contributed by atoms with E-state index in [1.54, 1.807) is 0 Å². The molecule has 0 fully saturated rings. The Morgan fingerprint density at radius 3 is 2.30 bits per heavy atom. The van der Waals surface area contributed by atoms with Gasteiger partial charge in [0.1, 0.15) is 6.20 Å². The van der Waals surface area contributed by atoms with Crippen molar-refractivity contribution in [2.24, 2.45) is 0 Å². The van der Waals surface area contributed by atoms with Crippen LogP contribution in [0.1, 0.15) is 0 Å². The van der Waals surface area contributed by atoms with Crippen LogP contribution in [-0.4, -0.2) is 39.6 Å². The van der Waals surface area contributed by atoms with E-state index in [2.05, 4.69) is 55.2 Å². The molecule has 0 saturated heterocycles. The molecule has 0 aliphatic heterocycles. The van der Waals surface area contributed by atoms with Gasteiger partial charge in [-0.2, -0.15) is 0 Å². The number of nitrogens with one attached hydrogen (secondary N) is 1. The quantitative estimate of drug-likeness (QED) is 0.682. The molecule has 0 aliphatic rings. The third-order valence-corrected chi connectivity index (χ3v) is 1.39. The highest BCUT2D eigenvalue weighted by Gasteiger charge is 1.96. The number of hydrogen-bond acceptors (Lipinski definition) is 1. The number of hydrogen-bond donors (Lipinski definition) is 1. The van der Waals surface area contributed by atoms with Crippen LogP contribution in [0.4, 0.5) is 0 Å². The van der Waals surface area contributed by atoms with E-state index in [1.807, 2.05) is 0 Å². The fraction of sp³-hybridized carbons (Fsp3) is 0.714. The second-order valence-electron chi connectivity index (χ2n) is 2.91. The number of likely N-dealkylation sites (N-methyl/N-ethyl adjacent to an activating group) is 1. The van der Waals surface area contributed by atoms with E-state index >= 15 is 0 Å². The molecule has 0 aromatic carbocycles. The first-order valence-corrected chi connectivity index (χ1v) is 4.12. The van der Waals surface area contributed by atoms with Gasteiger partial charge in [-0.25, -0.2) is 0 Å². The number of nitrogens with zero attached hydrogens (tertiary/aromatic N) is 1. The lowest BCUT2D eigenvalue weighted by Crippen LogP contribution is -3.00. The number of halogens is 1. The van der Waals surface area contributed by atoms with E-state index in [-0.39, 0.29) is 0 Å². The average Bonchev–Trinajstić information content (AvgIpc) is 1.58. The molecule has 0 atom stereocenters.